The fourth-order valence-corrected chi connectivity index (χ4v) is 4.38. The van der Waals surface area contributed by atoms with Crippen molar-refractivity contribution in [3.63, 3.8) is 0 Å². The number of pyridine rings is 1. The summed E-state index contributed by atoms with van der Waals surface area (Å²) in [5, 5.41) is 7.76. The summed E-state index contributed by atoms with van der Waals surface area (Å²) < 4.78 is 5.23. The maximum atomic E-state index is 12.6. The number of methoxy groups -OCH3 is 1. The maximum Gasteiger partial charge on any atom is 0.319 e. The minimum absolute atomic E-state index is 0.0303. The van der Waals surface area contributed by atoms with Gasteiger partial charge in [-0.25, -0.2) is 4.79 Å². The van der Waals surface area contributed by atoms with Crippen LogP contribution in [-0.4, -0.2) is 42.2 Å². The van der Waals surface area contributed by atoms with Gasteiger partial charge >= 0.3 is 6.03 Å². The number of urea groups is 1. The van der Waals surface area contributed by atoms with E-state index in [2.05, 4.69) is 25.5 Å². The number of piperidine rings is 1. The summed E-state index contributed by atoms with van der Waals surface area (Å²) in [6.45, 7) is 1.58. The van der Waals surface area contributed by atoms with Crippen molar-refractivity contribution in [1.82, 2.24) is 15.3 Å². The van der Waals surface area contributed by atoms with E-state index in [0.717, 1.165) is 30.2 Å². The Balaban J connectivity index is 1.50. The number of nitrogens with one attached hydrogen (secondary N) is 2. The third-order valence-electron chi connectivity index (χ3n) is 5.14. The largest absolute Gasteiger partial charge is 0.495 e. The van der Waals surface area contributed by atoms with Crippen molar-refractivity contribution in [2.45, 2.75) is 18.4 Å². The van der Waals surface area contributed by atoms with Crippen LogP contribution in [0.25, 0.3) is 0 Å². The molecule has 1 fully saturated rings. The first kappa shape index (κ1) is 20.4. The first-order valence-electron chi connectivity index (χ1n) is 9.59. The van der Waals surface area contributed by atoms with Crippen molar-refractivity contribution in [3.8, 4) is 5.75 Å². The molecule has 0 bridgehead atoms. The van der Waals surface area contributed by atoms with E-state index in [1.165, 1.54) is 0 Å². The van der Waals surface area contributed by atoms with E-state index in [1.807, 2.05) is 23.8 Å². The lowest BCUT2D eigenvalue weighted by Gasteiger charge is -2.39. The molecular formula is C21H22ClN5O2S. The van der Waals surface area contributed by atoms with E-state index in [9.17, 15) is 4.79 Å². The molecule has 1 saturated heterocycles. The Kier molecular flexibility index (Phi) is 6.35. The van der Waals surface area contributed by atoms with Gasteiger partial charge in [0, 0.05) is 41.5 Å². The van der Waals surface area contributed by atoms with Crippen LogP contribution in [-0.2, 0) is 0 Å². The number of carbonyl (C=O) groups is 1. The molecule has 0 radical (unpaired) electrons. The Bertz CT molecular complexity index is 966. The number of rotatable bonds is 5. The number of halogens is 1. The summed E-state index contributed by atoms with van der Waals surface area (Å²) in [6, 6.07) is 10.6. The molecule has 2 N–H and O–H groups in total. The van der Waals surface area contributed by atoms with Crippen LogP contribution < -0.4 is 20.3 Å². The first-order valence-corrected chi connectivity index (χ1v) is 10.8. The van der Waals surface area contributed by atoms with Crippen molar-refractivity contribution in [3.05, 3.63) is 65.0 Å². The molecule has 1 aliphatic rings. The van der Waals surface area contributed by atoms with Crippen molar-refractivity contribution >= 4 is 39.7 Å². The molecule has 0 saturated carbocycles. The van der Waals surface area contributed by atoms with Gasteiger partial charge < -0.3 is 20.3 Å². The maximum absolute atomic E-state index is 12.6. The predicted octanol–water partition coefficient (Wildman–Crippen LogP) is 4.38. The van der Waals surface area contributed by atoms with Crippen molar-refractivity contribution < 1.29 is 9.53 Å². The van der Waals surface area contributed by atoms with Gasteiger partial charge in [-0.2, -0.15) is 0 Å². The summed E-state index contributed by atoms with van der Waals surface area (Å²) in [5.41, 5.74) is 3.44. The van der Waals surface area contributed by atoms with E-state index in [1.54, 1.807) is 48.9 Å². The molecule has 2 aromatic heterocycles. The van der Waals surface area contributed by atoms with Crippen LogP contribution in [0.3, 0.4) is 0 Å². The zero-order valence-corrected chi connectivity index (χ0v) is 18.0. The van der Waals surface area contributed by atoms with Gasteiger partial charge in [-0.1, -0.05) is 11.6 Å². The van der Waals surface area contributed by atoms with Crippen molar-refractivity contribution in [2.75, 3.05) is 30.4 Å². The monoisotopic (exact) mass is 443 g/mol. The number of ether oxygens (including phenoxy) is 1. The van der Waals surface area contributed by atoms with Crippen LogP contribution in [0.4, 0.5) is 15.5 Å². The lowest BCUT2D eigenvalue weighted by atomic mass is 9.89. The zero-order valence-electron chi connectivity index (χ0n) is 16.4. The number of hydrogen-bond donors (Lipinski definition) is 2. The van der Waals surface area contributed by atoms with E-state index in [4.69, 9.17) is 16.3 Å². The molecule has 4 rings (SSSR count). The van der Waals surface area contributed by atoms with Crippen LogP contribution in [0, 0.1) is 0 Å². The summed E-state index contributed by atoms with van der Waals surface area (Å²) in [7, 11) is 1.62. The molecular weight excluding hydrogens is 422 g/mol. The molecule has 7 nitrogen and oxygen atoms in total. The highest BCUT2D eigenvalue weighted by molar-refractivity contribution is 7.13. The molecule has 30 heavy (non-hydrogen) atoms. The minimum atomic E-state index is -0.243. The quantitative estimate of drug-likeness (QED) is 0.611. The molecule has 3 heterocycles. The molecule has 0 unspecified atom stereocenters. The highest BCUT2D eigenvalue weighted by Gasteiger charge is 2.33. The third kappa shape index (κ3) is 4.83. The Morgan fingerprint density at radius 2 is 2.07 bits per heavy atom. The lowest BCUT2D eigenvalue weighted by molar-refractivity contribution is 0.243. The summed E-state index contributed by atoms with van der Waals surface area (Å²) in [6.07, 6.45) is 4.39. The van der Waals surface area contributed by atoms with E-state index in [0.29, 0.717) is 16.5 Å². The van der Waals surface area contributed by atoms with Crippen LogP contribution in [0.15, 0.2) is 54.3 Å². The summed E-state index contributed by atoms with van der Waals surface area (Å²) in [5.74, 6) is 0.738. The normalized spacial score (nSPS) is 18.7. The van der Waals surface area contributed by atoms with Crippen LogP contribution in [0.1, 0.15) is 18.0 Å². The standard InChI is InChI=1S/C21H22ClN5O2S/c1-29-16-6-7-18(24-10-16)17-12-27(20-11-23-13-30-20)9-8-19(17)26-21(28)25-15-4-2-14(22)3-5-15/h2-7,10-11,13,17,19H,8-9,12H2,1H3,(H2,25,26,28)/t17-,19+/m0/s1. The average Bonchev–Trinajstić information content (AvgIpc) is 3.31. The van der Waals surface area contributed by atoms with E-state index >= 15 is 0 Å². The Hall–Kier alpha value is -2.84. The zero-order chi connectivity index (χ0) is 20.9. The molecule has 156 valence electrons. The molecule has 1 aromatic carbocycles. The summed E-state index contributed by atoms with van der Waals surface area (Å²) >= 11 is 7.53. The van der Waals surface area contributed by atoms with E-state index in [-0.39, 0.29) is 18.0 Å². The molecule has 0 aliphatic carbocycles. The first-order chi connectivity index (χ1) is 14.6. The number of hydrogen-bond acceptors (Lipinski definition) is 6. The van der Waals surface area contributed by atoms with Gasteiger partial charge in [0.2, 0.25) is 0 Å². The molecule has 9 heteroatoms. The van der Waals surface area contributed by atoms with Gasteiger partial charge in [-0.15, -0.1) is 11.3 Å². The average molecular weight is 444 g/mol. The highest BCUT2D eigenvalue weighted by Crippen LogP contribution is 2.31. The second-order valence-corrected chi connectivity index (χ2v) is 8.32. The SMILES string of the molecule is COc1ccc([C@@H]2CN(c3cncs3)CC[C@H]2NC(=O)Nc2ccc(Cl)cc2)nc1. The second kappa shape index (κ2) is 9.32. The molecule has 0 spiro atoms. The Labute approximate surface area is 184 Å². The Morgan fingerprint density at radius 1 is 1.23 bits per heavy atom. The fourth-order valence-electron chi connectivity index (χ4n) is 3.59. The van der Waals surface area contributed by atoms with Gasteiger partial charge in [0.25, 0.3) is 0 Å². The molecule has 1 aliphatic heterocycles. The number of aromatic nitrogens is 2. The molecule has 3 aromatic rings. The molecule has 2 amide bonds. The number of amides is 2. The second-order valence-electron chi connectivity index (χ2n) is 7.02. The molecule has 2 atom stereocenters. The minimum Gasteiger partial charge on any atom is -0.495 e. The smallest absolute Gasteiger partial charge is 0.319 e. The van der Waals surface area contributed by atoms with Crippen LogP contribution in [0.2, 0.25) is 5.02 Å². The van der Waals surface area contributed by atoms with E-state index < -0.39 is 0 Å². The van der Waals surface area contributed by atoms with Gasteiger partial charge in [0.1, 0.15) is 10.8 Å². The Morgan fingerprint density at radius 3 is 2.73 bits per heavy atom. The third-order valence-corrected chi connectivity index (χ3v) is 6.22. The lowest BCUT2D eigenvalue weighted by Crippen LogP contribution is -2.51. The van der Waals surface area contributed by atoms with Gasteiger partial charge in [0.05, 0.1) is 25.0 Å². The topological polar surface area (TPSA) is 79.4 Å². The fraction of sp³-hybridized carbons (Fsp3) is 0.286. The number of anilines is 2. The van der Waals surface area contributed by atoms with Crippen LogP contribution >= 0.6 is 22.9 Å². The van der Waals surface area contributed by atoms with Gasteiger partial charge in [0.15, 0.2) is 0 Å². The van der Waals surface area contributed by atoms with Crippen molar-refractivity contribution in [2.24, 2.45) is 0 Å². The van der Waals surface area contributed by atoms with Crippen molar-refractivity contribution in [1.29, 1.82) is 0 Å². The number of carbonyl (C=O) groups excluding carboxylic acids is 1. The highest BCUT2D eigenvalue weighted by atomic mass is 35.5. The number of benzene rings is 1. The summed E-state index contributed by atoms with van der Waals surface area (Å²) in [4.78, 5) is 23.7. The predicted molar refractivity (Wildman–Crippen MR) is 120 cm³/mol. The van der Waals surface area contributed by atoms with Crippen LogP contribution in [0.5, 0.6) is 5.75 Å². The van der Waals surface area contributed by atoms with Gasteiger partial charge in [-0.3, -0.25) is 9.97 Å². The van der Waals surface area contributed by atoms with Gasteiger partial charge in [-0.05, 0) is 42.8 Å². The number of nitrogens with zero attached hydrogens (tertiary/aromatic N) is 3. The number of thiazole rings is 1.